The number of aromatic nitrogens is 2. The quantitative estimate of drug-likeness (QED) is 0.788. The van der Waals surface area contributed by atoms with Crippen LogP contribution in [0.5, 0.6) is 0 Å². The van der Waals surface area contributed by atoms with E-state index in [0.29, 0.717) is 18.9 Å². The molecule has 110 valence electrons. The topological polar surface area (TPSA) is 98.1 Å². The van der Waals surface area contributed by atoms with Gasteiger partial charge in [-0.25, -0.2) is 0 Å². The number of nitrogens with zero attached hydrogens (tertiary/aromatic N) is 3. The first kappa shape index (κ1) is 14.9. The second kappa shape index (κ2) is 7.35. The molecule has 2 rings (SSSR count). The Labute approximate surface area is 123 Å². The van der Waals surface area contributed by atoms with Gasteiger partial charge in [0.2, 0.25) is 0 Å². The molecule has 2 aromatic rings. The lowest BCUT2D eigenvalue weighted by molar-refractivity contribution is 0.0994. The number of anilines is 1. The van der Waals surface area contributed by atoms with Crippen LogP contribution in [0.15, 0.2) is 42.5 Å². The van der Waals surface area contributed by atoms with Gasteiger partial charge < -0.3 is 16.4 Å². The van der Waals surface area contributed by atoms with E-state index in [1.54, 1.807) is 12.1 Å². The third kappa shape index (κ3) is 4.25. The molecule has 1 heterocycles. The molecule has 1 aromatic heterocycles. The molecule has 0 unspecified atom stereocenters. The van der Waals surface area contributed by atoms with Gasteiger partial charge >= 0.3 is 0 Å². The molecule has 0 fully saturated rings. The van der Waals surface area contributed by atoms with Crippen molar-refractivity contribution in [2.45, 2.75) is 13.0 Å². The van der Waals surface area contributed by atoms with E-state index in [0.717, 1.165) is 13.0 Å². The van der Waals surface area contributed by atoms with Crippen LogP contribution in [0.3, 0.4) is 0 Å². The standard InChI is InChI=1S/C15H19N5O/c16-9-4-10-20(11-12-5-2-1-3-6-12)14-8-7-13(15(17)21)18-19-14/h1-3,5-8H,4,9-11,16H2,(H2,17,21). The minimum Gasteiger partial charge on any atom is -0.364 e. The number of nitrogens with two attached hydrogens (primary N) is 2. The van der Waals surface area contributed by atoms with Gasteiger partial charge in [-0.15, -0.1) is 10.2 Å². The minimum atomic E-state index is -0.578. The molecule has 0 atom stereocenters. The molecule has 0 saturated carbocycles. The van der Waals surface area contributed by atoms with E-state index >= 15 is 0 Å². The Hall–Kier alpha value is -2.47. The van der Waals surface area contributed by atoms with Crippen molar-refractivity contribution in [3.8, 4) is 0 Å². The van der Waals surface area contributed by atoms with Crippen LogP contribution < -0.4 is 16.4 Å². The van der Waals surface area contributed by atoms with Gasteiger partial charge in [-0.3, -0.25) is 4.79 Å². The average molecular weight is 285 g/mol. The summed E-state index contributed by atoms with van der Waals surface area (Å²) in [6, 6.07) is 13.4. The third-order valence-corrected chi connectivity index (χ3v) is 3.08. The lowest BCUT2D eigenvalue weighted by Crippen LogP contribution is -2.27. The molecule has 6 nitrogen and oxygen atoms in total. The Morgan fingerprint density at radius 1 is 1.10 bits per heavy atom. The minimum absolute atomic E-state index is 0.164. The molecule has 0 saturated heterocycles. The van der Waals surface area contributed by atoms with Crippen molar-refractivity contribution in [3.63, 3.8) is 0 Å². The van der Waals surface area contributed by atoms with Gasteiger partial charge in [-0.2, -0.15) is 0 Å². The molecule has 0 spiro atoms. The van der Waals surface area contributed by atoms with Crippen LogP contribution in [0.1, 0.15) is 22.5 Å². The van der Waals surface area contributed by atoms with E-state index in [1.807, 2.05) is 18.2 Å². The van der Waals surface area contributed by atoms with Crippen molar-refractivity contribution in [1.29, 1.82) is 0 Å². The van der Waals surface area contributed by atoms with Gasteiger partial charge in [-0.1, -0.05) is 30.3 Å². The van der Waals surface area contributed by atoms with Gasteiger partial charge in [0, 0.05) is 13.1 Å². The molecule has 4 N–H and O–H groups in total. The monoisotopic (exact) mass is 285 g/mol. The SMILES string of the molecule is NCCCN(Cc1ccccc1)c1ccc(C(N)=O)nn1. The maximum atomic E-state index is 11.0. The zero-order chi connectivity index (χ0) is 15.1. The third-order valence-electron chi connectivity index (χ3n) is 3.08. The lowest BCUT2D eigenvalue weighted by atomic mass is 10.2. The van der Waals surface area contributed by atoms with Crippen molar-refractivity contribution in [1.82, 2.24) is 10.2 Å². The van der Waals surface area contributed by atoms with Crippen LogP contribution in [0.2, 0.25) is 0 Å². The summed E-state index contributed by atoms with van der Waals surface area (Å²) in [4.78, 5) is 13.1. The van der Waals surface area contributed by atoms with Crippen LogP contribution in [-0.2, 0) is 6.54 Å². The maximum absolute atomic E-state index is 11.0. The fourth-order valence-electron chi connectivity index (χ4n) is 1.99. The Kier molecular flexibility index (Phi) is 5.22. The van der Waals surface area contributed by atoms with Gasteiger partial charge in [0.05, 0.1) is 0 Å². The van der Waals surface area contributed by atoms with Crippen LogP contribution >= 0.6 is 0 Å². The summed E-state index contributed by atoms with van der Waals surface area (Å²) >= 11 is 0. The van der Waals surface area contributed by atoms with Crippen molar-refractivity contribution in [2.24, 2.45) is 11.5 Å². The fourth-order valence-corrected chi connectivity index (χ4v) is 1.99. The smallest absolute Gasteiger partial charge is 0.269 e. The van der Waals surface area contributed by atoms with Crippen molar-refractivity contribution >= 4 is 11.7 Å². The van der Waals surface area contributed by atoms with Crippen LogP contribution in [-0.4, -0.2) is 29.2 Å². The highest BCUT2D eigenvalue weighted by atomic mass is 16.1. The molecule has 0 aliphatic carbocycles. The number of rotatable bonds is 7. The molecule has 0 radical (unpaired) electrons. The molecule has 0 bridgehead atoms. The Balaban J connectivity index is 2.16. The first-order valence-electron chi connectivity index (χ1n) is 6.83. The summed E-state index contributed by atoms with van der Waals surface area (Å²) in [7, 11) is 0. The Morgan fingerprint density at radius 3 is 2.43 bits per heavy atom. The predicted molar refractivity (Wildman–Crippen MR) is 81.7 cm³/mol. The summed E-state index contributed by atoms with van der Waals surface area (Å²) in [5.41, 5.74) is 12.1. The van der Waals surface area contributed by atoms with Gasteiger partial charge in [0.25, 0.3) is 5.91 Å². The molecular formula is C15H19N5O. The van der Waals surface area contributed by atoms with Gasteiger partial charge in [-0.05, 0) is 30.7 Å². The predicted octanol–water partition coefficient (Wildman–Crippen LogP) is 0.931. The normalized spacial score (nSPS) is 10.3. The van der Waals surface area contributed by atoms with Gasteiger partial charge in [0.1, 0.15) is 0 Å². The maximum Gasteiger partial charge on any atom is 0.269 e. The van der Waals surface area contributed by atoms with Crippen LogP contribution in [0.4, 0.5) is 5.82 Å². The van der Waals surface area contributed by atoms with Crippen molar-refractivity contribution in [2.75, 3.05) is 18.0 Å². The highest BCUT2D eigenvalue weighted by molar-refractivity contribution is 5.90. The van der Waals surface area contributed by atoms with E-state index in [2.05, 4.69) is 27.2 Å². The zero-order valence-corrected chi connectivity index (χ0v) is 11.8. The molecule has 1 amide bonds. The largest absolute Gasteiger partial charge is 0.364 e. The summed E-state index contributed by atoms with van der Waals surface area (Å²) in [5, 5.41) is 7.93. The lowest BCUT2D eigenvalue weighted by Gasteiger charge is -2.23. The first-order chi connectivity index (χ1) is 10.2. The van der Waals surface area contributed by atoms with Gasteiger partial charge in [0.15, 0.2) is 11.5 Å². The van der Waals surface area contributed by atoms with E-state index in [4.69, 9.17) is 11.5 Å². The number of primary amides is 1. The second-order valence-electron chi connectivity index (χ2n) is 4.69. The molecule has 0 aliphatic rings. The highest BCUT2D eigenvalue weighted by Gasteiger charge is 2.10. The summed E-state index contributed by atoms with van der Waals surface area (Å²) in [5.74, 6) is 0.128. The number of carbonyl (C=O) groups is 1. The zero-order valence-electron chi connectivity index (χ0n) is 11.8. The van der Waals surface area contributed by atoms with Crippen molar-refractivity contribution in [3.05, 3.63) is 53.7 Å². The Morgan fingerprint density at radius 2 is 1.86 bits per heavy atom. The molecule has 0 aliphatic heterocycles. The van der Waals surface area contributed by atoms with E-state index in [1.165, 1.54) is 5.56 Å². The first-order valence-corrected chi connectivity index (χ1v) is 6.83. The number of hydrogen-bond acceptors (Lipinski definition) is 5. The average Bonchev–Trinajstić information content (AvgIpc) is 2.52. The van der Waals surface area contributed by atoms with E-state index in [9.17, 15) is 4.79 Å². The van der Waals surface area contributed by atoms with Crippen molar-refractivity contribution < 1.29 is 4.79 Å². The summed E-state index contributed by atoms with van der Waals surface area (Å²) in [6.07, 6.45) is 0.853. The second-order valence-corrected chi connectivity index (χ2v) is 4.69. The van der Waals surface area contributed by atoms with Crippen LogP contribution in [0.25, 0.3) is 0 Å². The summed E-state index contributed by atoms with van der Waals surface area (Å²) < 4.78 is 0. The highest BCUT2D eigenvalue weighted by Crippen LogP contribution is 2.14. The summed E-state index contributed by atoms with van der Waals surface area (Å²) in [6.45, 7) is 2.10. The Bertz CT molecular complexity index is 570. The number of hydrogen-bond donors (Lipinski definition) is 2. The number of carbonyl (C=O) groups excluding carboxylic acids is 1. The molecular weight excluding hydrogens is 266 g/mol. The van der Waals surface area contributed by atoms with E-state index in [-0.39, 0.29) is 5.69 Å². The number of benzene rings is 1. The van der Waals surface area contributed by atoms with Crippen LogP contribution in [0, 0.1) is 0 Å². The fraction of sp³-hybridized carbons (Fsp3) is 0.267. The molecule has 21 heavy (non-hydrogen) atoms. The van der Waals surface area contributed by atoms with E-state index < -0.39 is 5.91 Å². The molecule has 1 aromatic carbocycles. The molecule has 6 heteroatoms. The number of amides is 1.